The van der Waals surface area contributed by atoms with Crippen molar-refractivity contribution >= 4 is 9.24 Å². The predicted molar refractivity (Wildman–Crippen MR) is 38.4 cm³/mol. The minimum Gasteiger partial charge on any atom is -0.0550 e. The summed E-state index contributed by atoms with van der Waals surface area (Å²) in [6.07, 6.45) is 6.84. The molecule has 2 radical (unpaired) electrons. The van der Waals surface area contributed by atoms with Crippen LogP contribution in [0.15, 0.2) is 0 Å². The van der Waals surface area contributed by atoms with Crippen molar-refractivity contribution in [3.8, 4) is 0 Å². The Balaban J connectivity index is 2.33. The molecule has 0 aromatic carbocycles. The fourth-order valence-corrected chi connectivity index (χ4v) is 1.63. The van der Waals surface area contributed by atoms with E-state index in [0.717, 1.165) is 0 Å². The highest BCUT2D eigenvalue weighted by Crippen LogP contribution is 2.34. The van der Waals surface area contributed by atoms with Gasteiger partial charge in [-0.15, -0.1) is 0 Å². The molecule has 0 N–H and O–H groups in total. The van der Waals surface area contributed by atoms with Crippen molar-refractivity contribution in [3.05, 3.63) is 0 Å². The molecule has 1 rings (SSSR count). The van der Waals surface area contributed by atoms with Gasteiger partial charge in [-0.25, -0.2) is 0 Å². The Morgan fingerprint density at radius 1 is 1.12 bits per heavy atom. The highest BCUT2D eigenvalue weighted by molar-refractivity contribution is 7.18. The van der Waals surface area contributed by atoms with Crippen LogP contribution in [0.3, 0.4) is 0 Å². The fraction of sp³-hybridized carbons (Fsp3) is 1.00. The third kappa shape index (κ3) is 1.74. The number of rotatable bonds is 0. The van der Waals surface area contributed by atoms with E-state index in [9.17, 15) is 0 Å². The lowest BCUT2D eigenvalue weighted by atomic mass is 9.90. The molecule has 0 bridgehead atoms. The van der Waals surface area contributed by atoms with E-state index in [0.29, 0.717) is 5.16 Å². The average molecular weight is 128 g/mol. The van der Waals surface area contributed by atoms with Gasteiger partial charge in [0.05, 0.1) is 0 Å². The molecule has 0 aromatic rings. The summed E-state index contributed by atoms with van der Waals surface area (Å²) in [4.78, 5) is 0. The van der Waals surface area contributed by atoms with Crippen molar-refractivity contribution in [2.24, 2.45) is 0 Å². The first-order valence-corrected chi connectivity index (χ1v) is 3.88. The molecular weight excluding hydrogens is 115 g/mol. The van der Waals surface area contributed by atoms with Crippen molar-refractivity contribution < 1.29 is 0 Å². The number of hydrogen-bond acceptors (Lipinski definition) is 0. The van der Waals surface area contributed by atoms with Gasteiger partial charge in [-0.3, -0.25) is 0 Å². The molecule has 1 aliphatic rings. The zero-order valence-corrected chi connectivity index (χ0v) is 6.38. The average Bonchev–Trinajstić information content (AvgIpc) is 1.65. The topological polar surface area (TPSA) is 0 Å². The lowest BCUT2D eigenvalue weighted by Crippen LogP contribution is -2.18. The van der Waals surface area contributed by atoms with Gasteiger partial charge in [-0.05, 0) is 27.2 Å². The fourth-order valence-electron chi connectivity index (χ4n) is 1.31. The summed E-state index contributed by atoms with van der Waals surface area (Å²) in [6.45, 7) is 2.25. The lowest BCUT2D eigenvalue weighted by Gasteiger charge is -2.27. The number of hydrogen-bond donors (Lipinski definition) is 0. The summed E-state index contributed by atoms with van der Waals surface area (Å²) in [5.74, 6) is 0. The zero-order valence-electron chi connectivity index (χ0n) is 5.48. The molecule has 0 unspecified atom stereocenters. The predicted octanol–water partition coefficient (Wildman–Crippen LogP) is 3.12. The minimum atomic E-state index is 0.373. The molecule has 0 amide bonds. The van der Waals surface area contributed by atoms with Crippen LogP contribution in [0.25, 0.3) is 0 Å². The molecule has 0 atom stereocenters. The van der Waals surface area contributed by atoms with Gasteiger partial charge >= 0.3 is 0 Å². The van der Waals surface area contributed by atoms with Gasteiger partial charge in [0.1, 0.15) is 0 Å². The Morgan fingerprint density at radius 2 is 1.62 bits per heavy atom. The molecule has 1 fully saturated rings. The molecular formula is C7H13P. The second-order valence-electron chi connectivity index (χ2n) is 3.06. The zero-order chi connectivity index (χ0) is 6.04. The third-order valence-electron chi connectivity index (χ3n) is 1.93. The smallest absolute Gasteiger partial charge is 0.00389 e. The minimum absolute atomic E-state index is 0.373. The van der Waals surface area contributed by atoms with Crippen LogP contribution >= 0.6 is 9.24 Å². The summed E-state index contributed by atoms with van der Waals surface area (Å²) in [5.41, 5.74) is 0. The van der Waals surface area contributed by atoms with Gasteiger partial charge in [0.15, 0.2) is 0 Å². The van der Waals surface area contributed by atoms with Crippen molar-refractivity contribution in [3.63, 3.8) is 0 Å². The third-order valence-corrected chi connectivity index (χ3v) is 2.38. The Bertz CT molecular complexity index is 68.5. The van der Waals surface area contributed by atoms with Crippen LogP contribution < -0.4 is 0 Å². The highest BCUT2D eigenvalue weighted by Gasteiger charge is 2.21. The van der Waals surface area contributed by atoms with Gasteiger partial charge in [0.2, 0.25) is 0 Å². The van der Waals surface area contributed by atoms with Crippen LogP contribution in [0.2, 0.25) is 0 Å². The monoisotopic (exact) mass is 128 g/mol. The standard InChI is InChI=1S/C7H13P/c1-7(8)5-3-2-4-6-7/h2-6H2,1H3. The second kappa shape index (κ2) is 2.35. The molecule has 1 aliphatic carbocycles. The van der Waals surface area contributed by atoms with Crippen molar-refractivity contribution in [1.29, 1.82) is 0 Å². The molecule has 0 nitrogen and oxygen atoms in total. The van der Waals surface area contributed by atoms with Crippen molar-refractivity contribution in [1.82, 2.24) is 0 Å². The molecule has 46 valence electrons. The first kappa shape index (κ1) is 6.55. The molecule has 0 spiro atoms. The summed E-state index contributed by atoms with van der Waals surface area (Å²) in [6, 6.07) is 0. The maximum Gasteiger partial charge on any atom is -0.00389 e. The van der Waals surface area contributed by atoms with Crippen LogP contribution in [-0.2, 0) is 0 Å². The summed E-state index contributed by atoms with van der Waals surface area (Å²) in [7, 11) is 4.52. The normalized spacial score (nSPS) is 27.8. The maximum absolute atomic E-state index is 4.52. The van der Waals surface area contributed by atoms with E-state index < -0.39 is 0 Å². The molecule has 0 aliphatic heterocycles. The Kier molecular flexibility index (Phi) is 1.92. The Morgan fingerprint density at radius 3 is 1.88 bits per heavy atom. The van der Waals surface area contributed by atoms with Gasteiger partial charge in [-0.1, -0.05) is 26.2 Å². The van der Waals surface area contributed by atoms with Gasteiger partial charge in [-0.2, -0.15) is 0 Å². The van der Waals surface area contributed by atoms with Gasteiger partial charge in [0.25, 0.3) is 0 Å². The van der Waals surface area contributed by atoms with E-state index in [1.165, 1.54) is 32.1 Å². The lowest BCUT2D eigenvalue weighted by molar-refractivity contribution is 0.421. The van der Waals surface area contributed by atoms with Crippen LogP contribution in [0.4, 0.5) is 0 Å². The van der Waals surface area contributed by atoms with Gasteiger partial charge < -0.3 is 0 Å². The Labute approximate surface area is 54.3 Å². The van der Waals surface area contributed by atoms with E-state index in [1.54, 1.807) is 0 Å². The van der Waals surface area contributed by atoms with Crippen LogP contribution in [0, 0.1) is 0 Å². The van der Waals surface area contributed by atoms with E-state index in [-0.39, 0.29) is 0 Å². The molecule has 0 aromatic heterocycles. The van der Waals surface area contributed by atoms with Crippen LogP contribution in [0.5, 0.6) is 0 Å². The first-order chi connectivity index (χ1) is 3.71. The van der Waals surface area contributed by atoms with Crippen LogP contribution in [-0.4, -0.2) is 5.16 Å². The van der Waals surface area contributed by atoms with Crippen molar-refractivity contribution in [2.75, 3.05) is 0 Å². The Hall–Kier alpha value is 0.430. The second-order valence-corrected chi connectivity index (χ2v) is 4.14. The first-order valence-electron chi connectivity index (χ1n) is 3.43. The molecule has 1 saturated carbocycles. The highest BCUT2D eigenvalue weighted by atomic mass is 31.0. The van der Waals surface area contributed by atoms with E-state index in [1.807, 2.05) is 0 Å². The molecule has 8 heavy (non-hydrogen) atoms. The van der Waals surface area contributed by atoms with E-state index >= 15 is 0 Å². The quantitative estimate of drug-likeness (QED) is 0.440. The van der Waals surface area contributed by atoms with Crippen molar-refractivity contribution in [2.45, 2.75) is 44.2 Å². The summed E-state index contributed by atoms with van der Waals surface area (Å²) < 4.78 is 0. The molecule has 0 heterocycles. The van der Waals surface area contributed by atoms with E-state index in [2.05, 4.69) is 16.2 Å². The maximum atomic E-state index is 4.52. The van der Waals surface area contributed by atoms with Crippen LogP contribution in [0.1, 0.15) is 39.0 Å². The van der Waals surface area contributed by atoms with Gasteiger partial charge in [0, 0.05) is 0 Å². The van der Waals surface area contributed by atoms with E-state index in [4.69, 9.17) is 0 Å². The SMILES string of the molecule is CC1([P])CCCCC1. The molecule has 0 saturated heterocycles. The summed E-state index contributed by atoms with van der Waals surface area (Å²) >= 11 is 0. The molecule has 1 heteroatoms. The summed E-state index contributed by atoms with van der Waals surface area (Å²) in [5, 5.41) is 0.373. The largest absolute Gasteiger partial charge is 0.0550 e.